The van der Waals surface area contributed by atoms with Crippen LogP contribution in [0.5, 0.6) is 0 Å². The lowest BCUT2D eigenvalue weighted by Crippen LogP contribution is -2.44. The molecule has 1 aliphatic heterocycles. The molecule has 3 rings (SSSR count). The van der Waals surface area contributed by atoms with Crippen LogP contribution < -0.4 is 5.32 Å². The van der Waals surface area contributed by atoms with Gasteiger partial charge in [-0.3, -0.25) is 15.1 Å². The number of carboxylic acid groups (broad SMARTS) is 1. The number of hydrogen-bond donors (Lipinski definition) is 2. The van der Waals surface area contributed by atoms with Crippen molar-refractivity contribution in [3.63, 3.8) is 0 Å². The summed E-state index contributed by atoms with van der Waals surface area (Å²) < 4.78 is 15.1. The highest BCUT2D eigenvalue weighted by Crippen LogP contribution is 2.51. The molecule has 30 heavy (non-hydrogen) atoms. The number of nitriles is 1. The standard InChI is InChI=1S/C22H22Cl2FN3O2/c1-21(2,3)9-16-22(11-26,15-8-7-12(23)10-27-15)17(19(28-16)20(29)30)13-5-4-6-14(24)18(13)25/h4-8,10,16-17,19,28H,9H2,1-3H3,(H,29,30)/t16-,17-,19+,22-/m1/s1. The van der Waals surface area contributed by atoms with E-state index in [9.17, 15) is 15.2 Å². The lowest BCUT2D eigenvalue weighted by molar-refractivity contribution is -0.139. The molecule has 0 radical (unpaired) electrons. The van der Waals surface area contributed by atoms with Crippen molar-refractivity contribution >= 4 is 29.2 Å². The Morgan fingerprint density at radius 2 is 2.03 bits per heavy atom. The maximum Gasteiger partial charge on any atom is 0.321 e. The largest absolute Gasteiger partial charge is 0.480 e. The van der Waals surface area contributed by atoms with Gasteiger partial charge in [-0.1, -0.05) is 56.1 Å². The number of rotatable bonds is 4. The zero-order chi connectivity index (χ0) is 22.3. The van der Waals surface area contributed by atoms with Crippen LogP contribution in [0.1, 0.15) is 44.4 Å². The van der Waals surface area contributed by atoms with E-state index < -0.39 is 35.2 Å². The number of benzene rings is 1. The molecule has 1 fully saturated rings. The van der Waals surface area contributed by atoms with Gasteiger partial charge in [0.25, 0.3) is 0 Å². The Kier molecular flexibility index (Phi) is 6.10. The number of aliphatic carboxylic acids is 1. The molecule has 1 aromatic carbocycles. The lowest BCUT2D eigenvalue weighted by atomic mass is 9.64. The van der Waals surface area contributed by atoms with E-state index >= 15 is 4.39 Å². The summed E-state index contributed by atoms with van der Waals surface area (Å²) in [4.78, 5) is 16.6. The van der Waals surface area contributed by atoms with Gasteiger partial charge in [0.2, 0.25) is 0 Å². The highest BCUT2D eigenvalue weighted by atomic mass is 35.5. The first-order valence-electron chi connectivity index (χ1n) is 9.47. The Morgan fingerprint density at radius 3 is 2.57 bits per heavy atom. The number of halogens is 3. The molecule has 2 aromatic rings. The van der Waals surface area contributed by atoms with Crippen molar-refractivity contribution in [2.45, 2.75) is 50.6 Å². The predicted octanol–water partition coefficient (Wildman–Crippen LogP) is 4.93. The highest BCUT2D eigenvalue weighted by molar-refractivity contribution is 6.31. The van der Waals surface area contributed by atoms with Crippen LogP contribution in [0.25, 0.3) is 0 Å². The molecular weight excluding hydrogens is 428 g/mol. The van der Waals surface area contributed by atoms with Crippen molar-refractivity contribution < 1.29 is 14.3 Å². The number of carboxylic acids is 1. The van der Waals surface area contributed by atoms with Crippen molar-refractivity contribution in [3.05, 3.63) is 63.6 Å². The molecule has 2 heterocycles. The number of pyridine rings is 1. The molecule has 0 aliphatic carbocycles. The van der Waals surface area contributed by atoms with Crippen molar-refractivity contribution in [2.24, 2.45) is 5.41 Å². The summed E-state index contributed by atoms with van der Waals surface area (Å²) in [7, 11) is 0. The Labute approximate surface area is 184 Å². The second kappa shape index (κ2) is 8.14. The average molecular weight is 450 g/mol. The van der Waals surface area contributed by atoms with Gasteiger partial charge in [-0.25, -0.2) is 4.39 Å². The van der Waals surface area contributed by atoms with E-state index in [0.717, 1.165) is 0 Å². The molecule has 1 saturated heterocycles. The van der Waals surface area contributed by atoms with Crippen molar-refractivity contribution in [1.82, 2.24) is 10.3 Å². The first-order chi connectivity index (χ1) is 14.0. The van der Waals surface area contributed by atoms with Crippen LogP contribution in [0.15, 0.2) is 36.5 Å². The van der Waals surface area contributed by atoms with Crippen LogP contribution in [0.3, 0.4) is 0 Å². The van der Waals surface area contributed by atoms with Crippen LogP contribution in [-0.4, -0.2) is 28.1 Å². The highest BCUT2D eigenvalue weighted by Gasteiger charge is 2.61. The maximum absolute atomic E-state index is 15.1. The molecule has 8 heteroatoms. The van der Waals surface area contributed by atoms with Gasteiger partial charge in [-0.15, -0.1) is 0 Å². The maximum atomic E-state index is 15.1. The van der Waals surface area contributed by atoms with Crippen molar-refractivity contribution in [1.29, 1.82) is 5.26 Å². The van der Waals surface area contributed by atoms with Gasteiger partial charge in [0.15, 0.2) is 0 Å². The van der Waals surface area contributed by atoms with E-state index in [4.69, 9.17) is 23.2 Å². The molecule has 0 spiro atoms. The van der Waals surface area contributed by atoms with E-state index in [1.807, 2.05) is 20.8 Å². The Morgan fingerprint density at radius 1 is 1.33 bits per heavy atom. The van der Waals surface area contributed by atoms with Gasteiger partial charge in [0, 0.05) is 18.2 Å². The van der Waals surface area contributed by atoms with Crippen LogP contribution in [0.4, 0.5) is 4.39 Å². The fourth-order valence-electron chi connectivity index (χ4n) is 4.32. The molecule has 1 aromatic heterocycles. The summed E-state index contributed by atoms with van der Waals surface area (Å²) in [6, 6.07) is 8.13. The average Bonchev–Trinajstić information content (AvgIpc) is 2.98. The third-order valence-corrected chi connectivity index (χ3v) is 6.01. The number of aromatic nitrogens is 1. The summed E-state index contributed by atoms with van der Waals surface area (Å²) in [5, 5.41) is 23.8. The van der Waals surface area contributed by atoms with E-state index in [1.165, 1.54) is 18.3 Å². The van der Waals surface area contributed by atoms with Crippen LogP contribution in [0, 0.1) is 22.6 Å². The minimum Gasteiger partial charge on any atom is -0.480 e. The molecule has 0 amide bonds. The summed E-state index contributed by atoms with van der Waals surface area (Å²) in [5.41, 5.74) is -1.29. The summed E-state index contributed by atoms with van der Waals surface area (Å²) in [5.74, 6) is -2.97. The molecule has 0 saturated carbocycles. The number of hydrogen-bond acceptors (Lipinski definition) is 4. The minimum absolute atomic E-state index is 0.0668. The first-order valence-corrected chi connectivity index (χ1v) is 10.2. The molecule has 5 nitrogen and oxygen atoms in total. The fraction of sp³-hybridized carbons (Fsp3) is 0.409. The summed E-state index contributed by atoms with van der Waals surface area (Å²) >= 11 is 12.0. The van der Waals surface area contributed by atoms with Gasteiger partial charge >= 0.3 is 5.97 Å². The van der Waals surface area contributed by atoms with Gasteiger partial charge in [-0.2, -0.15) is 5.26 Å². The number of nitrogens with one attached hydrogen (secondary N) is 1. The third-order valence-electron chi connectivity index (χ3n) is 5.49. The van der Waals surface area contributed by atoms with E-state index in [-0.39, 0.29) is 16.0 Å². The Balaban J connectivity index is 2.33. The van der Waals surface area contributed by atoms with Crippen LogP contribution in [0.2, 0.25) is 10.0 Å². The fourth-order valence-corrected chi connectivity index (χ4v) is 4.61. The predicted molar refractivity (Wildman–Crippen MR) is 113 cm³/mol. The zero-order valence-electron chi connectivity index (χ0n) is 16.8. The van der Waals surface area contributed by atoms with E-state index in [1.54, 1.807) is 18.2 Å². The van der Waals surface area contributed by atoms with Gasteiger partial charge in [0.05, 0.1) is 21.8 Å². The Bertz CT molecular complexity index is 1000. The third kappa shape index (κ3) is 3.90. The molecular formula is C22H22Cl2FN3O2. The smallest absolute Gasteiger partial charge is 0.321 e. The monoisotopic (exact) mass is 449 g/mol. The summed E-state index contributed by atoms with van der Waals surface area (Å²) in [6.45, 7) is 5.99. The quantitative estimate of drug-likeness (QED) is 0.690. The Hall–Kier alpha value is -2.20. The van der Waals surface area contributed by atoms with Crippen LogP contribution >= 0.6 is 23.2 Å². The zero-order valence-corrected chi connectivity index (χ0v) is 18.3. The molecule has 0 bridgehead atoms. The summed E-state index contributed by atoms with van der Waals surface area (Å²) in [6.07, 6.45) is 1.87. The molecule has 158 valence electrons. The van der Waals surface area contributed by atoms with Gasteiger partial charge < -0.3 is 5.11 Å². The molecule has 0 unspecified atom stereocenters. The van der Waals surface area contributed by atoms with E-state index in [2.05, 4.69) is 16.4 Å². The van der Waals surface area contributed by atoms with Crippen LogP contribution in [-0.2, 0) is 10.2 Å². The second-order valence-corrected chi connectivity index (χ2v) is 9.61. The molecule has 1 aliphatic rings. The van der Waals surface area contributed by atoms with Crippen molar-refractivity contribution in [3.8, 4) is 6.07 Å². The lowest BCUT2D eigenvalue weighted by Gasteiger charge is -2.36. The number of nitrogens with zero attached hydrogens (tertiary/aromatic N) is 2. The van der Waals surface area contributed by atoms with Gasteiger partial charge in [-0.05, 0) is 35.6 Å². The van der Waals surface area contributed by atoms with Crippen molar-refractivity contribution in [2.75, 3.05) is 0 Å². The van der Waals surface area contributed by atoms with E-state index in [0.29, 0.717) is 17.1 Å². The van der Waals surface area contributed by atoms with Gasteiger partial charge in [0.1, 0.15) is 17.3 Å². The topological polar surface area (TPSA) is 86.0 Å². The number of carbonyl (C=O) groups is 1. The minimum atomic E-state index is -1.45. The normalized spacial score (nSPS) is 26.4. The second-order valence-electron chi connectivity index (χ2n) is 8.76. The molecule has 2 N–H and O–H groups in total. The molecule has 4 atom stereocenters. The first kappa shape index (κ1) is 22.5. The SMILES string of the molecule is CC(C)(C)C[C@H]1N[C@H](C(=O)O)[C@@H](c2cccc(Cl)c2F)[C@]1(C#N)c1ccc(Cl)cn1.